The van der Waals surface area contributed by atoms with Crippen LogP contribution in [0.2, 0.25) is 5.02 Å². The van der Waals surface area contributed by atoms with E-state index in [2.05, 4.69) is 89.7 Å². The summed E-state index contributed by atoms with van der Waals surface area (Å²) in [6, 6.07) is 59.6. The average molecular weight is 1160 g/mol. The molecule has 7 heteroatoms. The molecule has 0 aliphatic carbocycles. The smallest absolute Gasteiger partial charge is 0.252 e. The molecule has 0 unspecified atom stereocenters. The van der Waals surface area contributed by atoms with Gasteiger partial charge in [0.25, 0.3) is 6.71 Å². The monoisotopic (exact) mass is 1160 g/mol. The van der Waals surface area contributed by atoms with E-state index in [4.69, 9.17) is 17.1 Å². The maximum Gasteiger partial charge on any atom is 0.252 e. The molecule has 0 amide bonds. The van der Waals surface area contributed by atoms with Crippen molar-refractivity contribution in [3.05, 3.63) is 282 Å². The number of benzene rings is 12. The molecule has 5 nitrogen and oxygen atoms in total. The Balaban J connectivity index is 1.12. The van der Waals surface area contributed by atoms with Crippen LogP contribution in [-0.2, 0) is 10.8 Å². The van der Waals surface area contributed by atoms with E-state index in [1.807, 2.05) is 160 Å². The average Bonchev–Trinajstić information content (AvgIpc) is 0.732. The first-order chi connectivity index (χ1) is 47.8. The van der Waals surface area contributed by atoms with E-state index in [1.165, 1.54) is 4.57 Å². The van der Waals surface area contributed by atoms with Crippen LogP contribution in [0, 0.1) is 11.3 Å². The van der Waals surface area contributed by atoms with Gasteiger partial charge in [0.2, 0.25) is 0 Å². The summed E-state index contributed by atoms with van der Waals surface area (Å²) in [5, 5.41) is 13.5. The fourth-order valence-corrected chi connectivity index (χ4v) is 13.6. The van der Waals surface area contributed by atoms with Gasteiger partial charge in [-0.3, -0.25) is 0 Å². The van der Waals surface area contributed by atoms with Crippen LogP contribution in [0.25, 0.3) is 88.4 Å². The molecule has 14 aromatic rings. The number of aromatic nitrogens is 2. The lowest BCUT2D eigenvalue weighted by Gasteiger charge is -2.45. The van der Waals surface area contributed by atoms with Crippen LogP contribution in [0.15, 0.2) is 261 Å². The van der Waals surface area contributed by atoms with Crippen molar-refractivity contribution < 1.29 is 16.4 Å². The van der Waals surface area contributed by atoms with E-state index in [0.29, 0.717) is 61.6 Å². The summed E-state index contributed by atoms with van der Waals surface area (Å²) < 4.78 is 118. The molecule has 0 fully saturated rings. The van der Waals surface area contributed by atoms with Crippen molar-refractivity contribution in [1.29, 1.82) is 5.26 Å². The summed E-state index contributed by atoms with van der Waals surface area (Å²) in [6.07, 6.45) is 0. The molecule has 0 atom stereocenters. The highest BCUT2D eigenvalue weighted by Gasteiger charge is 2.45. The number of halogens is 1. The molecule has 4 heterocycles. The third-order valence-corrected chi connectivity index (χ3v) is 17.8. The summed E-state index contributed by atoms with van der Waals surface area (Å²) in [5.41, 5.74) is 12.9. The molecule has 0 spiro atoms. The summed E-state index contributed by atoms with van der Waals surface area (Å²) >= 11 is 7.33. The zero-order valence-corrected chi connectivity index (χ0v) is 49.8. The van der Waals surface area contributed by atoms with E-state index in [1.54, 1.807) is 0 Å². The Labute approximate surface area is 536 Å². The Bertz CT molecular complexity index is 5780. The highest BCUT2D eigenvalue weighted by molar-refractivity contribution is 7.00. The van der Waals surface area contributed by atoms with Gasteiger partial charge in [-0.2, -0.15) is 5.26 Å². The molecule has 0 N–H and O–H groups in total. The first kappa shape index (κ1) is 41.7. The summed E-state index contributed by atoms with van der Waals surface area (Å²) in [4.78, 5) is 4.33. The maximum absolute atomic E-state index is 11.2. The molecule has 2 aromatic heterocycles. The molecule has 2 aliphatic rings. The quantitative estimate of drug-likeness (QED) is 0.149. The summed E-state index contributed by atoms with van der Waals surface area (Å²) in [7, 11) is 0. The lowest BCUT2D eigenvalue weighted by Crippen LogP contribution is -2.61. The third-order valence-electron chi connectivity index (χ3n) is 17.5. The highest BCUT2D eigenvalue weighted by atomic mass is 35.5. The SMILES string of the molecule is [2H]c1c([2H])c(-c2cc3c4c(c2)N(c2c(-c5ccccc5)cc(C(C)(C)C)cc2-c2ccccc2)c2cc(-n5c6c([2H])c([2H])c([2H])c([2H])c6c6c([2H])c([2H])c([2H])c([2H])c65)ccc2B4c2ccc(Cl)cc2N3c2ccc(C#N)c(-n3c4ccccc4c4ccccc43)c2)c([2H])c(C(C)(C)C)c1[2H]. The Kier molecular flexibility index (Phi) is 9.54. The minimum absolute atomic E-state index is 0.0506. The van der Waals surface area contributed by atoms with E-state index < -0.39 is 65.9 Å². The Morgan fingerprint density at radius 3 is 1.56 bits per heavy atom. The van der Waals surface area contributed by atoms with Crippen LogP contribution in [-0.4, -0.2) is 15.8 Å². The largest absolute Gasteiger partial charge is 0.311 e. The fourth-order valence-electron chi connectivity index (χ4n) is 13.4. The maximum atomic E-state index is 11.2. The van der Waals surface area contributed by atoms with Crippen molar-refractivity contribution in [1.82, 2.24) is 9.13 Å². The number of fused-ring (bicyclic) bond motifs is 10. The molecule has 0 bridgehead atoms. The number of hydrogen-bond donors (Lipinski definition) is 0. The van der Waals surface area contributed by atoms with Gasteiger partial charge in [-0.15, -0.1) is 0 Å². The Morgan fingerprint density at radius 1 is 0.420 bits per heavy atom. The summed E-state index contributed by atoms with van der Waals surface area (Å²) in [6.45, 7) is 11.5. The normalized spacial score (nSPS) is 14.8. The van der Waals surface area contributed by atoms with Crippen LogP contribution in [0.4, 0.5) is 34.1 Å². The molecule has 0 saturated heterocycles. The predicted octanol–water partition coefficient (Wildman–Crippen LogP) is 20.1. The van der Waals surface area contributed by atoms with Crippen LogP contribution in [0.1, 0.15) is 74.7 Å². The Hall–Kier alpha value is -10.3. The molecule has 2 aliphatic heterocycles. The van der Waals surface area contributed by atoms with Gasteiger partial charge in [0.1, 0.15) is 6.07 Å². The minimum Gasteiger partial charge on any atom is -0.311 e. The lowest BCUT2D eigenvalue weighted by atomic mass is 9.33. The van der Waals surface area contributed by atoms with Crippen LogP contribution < -0.4 is 26.2 Å². The van der Waals surface area contributed by atoms with Crippen LogP contribution in [0.5, 0.6) is 0 Å². The topological polar surface area (TPSA) is 40.1 Å². The van der Waals surface area contributed by atoms with E-state index in [-0.39, 0.29) is 57.1 Å². The first-order valence-corrected chi connectivity index (χ1v) is 29.8. The zero-order valence-electron chi connectivity index (χ0n) is 61.1. The molecule has 420 valence electrons. The number of para-hydroxylation sites is 4. The second kappa shape index (κ2) is 20.1. The van der Waals surface area contributed by atoms with Gasteiger partial charge in [-0.05, 0) is 152 Å². The number of rotatable bonds is 7. The van der Waals surface area contributed by atoms with Crippen molar-refractivity contribution in [3.8, 4) is 50.8 Å². The van der Waals surface area contributed by atoms with Crippen molar-refractivity contribution in [2.24, 2.45) is 0 Å². The summed E-state index contributed by atoms with van der Waals surface area (Å²) in [5.74, 6) is 0. The lowest BCUT2D eigenvalue weighted by molar-refractivity contribution is 0.590. The standard InChI is InChI=1S/C81H61BClN5/c1-80(2,3)56-27-21-26-53(42-56)55-43-76-78-77(44-55)88(79-65(51-22-9-7-10-23-51)45-57(81(4,5)6)46-66(79)52-24-11-8-12-25-52)75-49-60(85-69-32-17-13-28-61(69)62-29-14-18-33-70(62)85)39-41-68(75)82(78)67-40-37-58(83)47-74(67)86(76)59-38-36-54(50-84)73(48-59)87-71-34-19-15-30-63(71)64-31-16-20-35-72(64)87/h7-49H,1-6H3/i13D,14D,17D,18D,21D,26D,27D,28D,29D,32D,33D,42D. The Morgan fingerprint density at radius 2 is 0.955 bits per heavy atom. The van der Waals surface area contributed by atoms with Gasteiger partial charge < -0.3 is 18.9 Å². The first-order valence-electron chi connectivity index (χ1n) is 35.5. The second-order valence-corrected chi connectivity index (χ2v) is 25.3. The molecule has 0 radical (unpaired) electrons. The van der Waals surface area contributed by atoms with Crippen LogP contribution in [0.3, 0.4) is 0 Å². The van der Waals surface area contributed by atoms with Crippen molar-refractivity contribution >= 4 is 112 Å². The van der Waals surface area contributed by atoms with Gasteiger partial charge in [0.05, 0.1) is 55.5 Å². The van der Waals surface area contributed by atoms with Crippen molar-refractivity contribution in [3.63, 3.8) is 0 Å². The number of hydrogen-bond acceptors (Lipinski definition) is 3. The number of nitrogens with zero attached hydrogens (tertiary/aromatic N) is 5. The zero-order chi connectivity index (χ0) is 70.2. The molecule has 16 rings (SSSR count). The predicted molar refractivity (Wildman–Crippen MR) is 373 cm³/mol. The molecular formula is C81H61BClN5. The fraction of sp³-hybridized carbons (Fsp3) is 0.0988. The van der Waals surface area contributed by atoms with Gasteiger partial charge in [0, 0.05) is 71.8 Å². The highest BCUT2D eigenvalue weighted by Crippen LogP contribution is 2.53. The van der Waals surface area contributed by atoms with Gasteiger partial charge in [0.15, 0.2) is 0 Å². The third kappa shape index (κ3) is 8.36. The van der Waals surface area contributed by atoms with Gasteiger partial charge >= 0.3 is 0 Å². The van der Waals surface area contributed by atoms with Gasteiger partial charge in [-0.25, -0.2) is 0 Å². The minimum atomic E-state index is -0.837. The van der Waals surface area contributed by atoms with E-state index in [9.17, 15) is 16.2 Å². The number of nitriles is 1. The second-order valence-electron chi connectivity index (χ2n) is 24.8. The molecular weight excluding hydrogens is 1090 g/mol. The molecule has 0 saturated carbocycles. The molecule has 88 heavy (non-hydrogen) atoms. The van der Waals surface area contributed by atoms with Crippen LogP contribution >= 0.6 is 11.6 Å². The van der Waals surface area contributed by atoms with Crippen molar-refractivity contribution in [2.45, 2.75) is 52.4 Å². The molecule has 12 aromatic carbocycles. The van der Waals surface area contributed by atoms with Crippen molar-refractivity contribution in [2.75, 3.05) is 9.80 Å². The van der Waals surface area contributed by atoms with Gasteiger partial charge in [-0.1, -0.05) is 223 Å². The van der Waals surface area contributed by atoms with E-state index >= 15 is 0 Å². The number of anilines is 6. The van der Waals surface area contributed by atoms with E-state index in [0.717, 1.165) is 66.0 Å².